The third kappa shape index (κ3) is 1.94. The standard InChI is InChI=1S/C7H12N2O2/c1-5-3-6(5)7(8-4-10)9-11-2/h4-5,9H,3H2,1-2H3,(H,8,10)/b7-6-. The third-order valence-corrected chi connectivity index (χ3v) is 1.69. The molecule has 4 heteroatoms. The van der Waals surface area contributed by atoms with Crippen LogP contribution in [0.15, 0.2) is 11.4 Å². The number of carbonyl (C=O) groups excluding carboxylic acids is 1. The van der Waals surface area contributed by atoms with E-state index in [0.29, 0.717) is 18.1 Å². The van der Waals surface area contributed by atoms with E-state index in [9.17, 15) is 4.79 Å². The van der Waals surface area contributed by atoms with Crippen LogP contribution in [-0.2, 0) is 9.63 Å². The summed E-state index contributed by atoms with van der Waals surface area (Å²) in [5, 5.41) is 2.54. The average molecular weight is 156 g/mol. The van der Waals surface area contributed by atoms with E-state index in [4.69, 9.17) is 0 Å². The second kappa shape index (κ2) is 3.39. The molecule has 0 aromatic rings. The maximum atomic E-state index is 10.1. The van der Waals surface area contributed by atoms with E-state index in [0.717, 1.165) is 6.42 Å². The van der Waals surface area contributed by atoms with E-state index < -0.39 is 0 Å². The van der Waals surface area contributed by atoms with Gasteiger partial charge in [-0.05, 0) is 17.9 Å². The van der Waals surface area contributed by atoms with Crippen molar-refractivity contribution >= 4 is 6.41 Å². The van der Waals surface area contributed by atoms with Gasteiger partial charge in [-0.15, -0.1) is 0 Å². The largest absolute Gasteiger partial charge is 0.314 e. The Labute approximate surface area is 65.6 Å². The van der Waals surface area contributed by atoms with Crippen LogP contribution < -0.4 is 10.8 Å². The number of amides is 1. The number of hydrogen-bond donors (Lipinski definition) is 2. The topological polar surface area (TPSA) is 50.4 Å². The summed E-state index contributed by atoms with van der Waals surface area (Å²) in [6.45, 7) is 2.10. The first-order chi connectivity index (χ1) is 5.29. The molecule has 1 amide bonds. The summed E-state index contributed by atoms with van der Waals surface area (Å²) in [6.07, 6.45) is 1.67. The molecule has 1 atom stereocenters. The first kappa shape index (κ1) is 8.07. The van der Waals surface area contributed by atoms with E-state index in [1.165, 1.54) is 12.7 Å². The number of hydroxylamine groups is 1. The second-order valence-corrected chi connectivity index (χ2v) is 2.57. The molecule has 1 aliphatic rings. The van der Waals surface area contributed by atoms with Crippen molar-refractivity contribution in [2.75, 3.05) is 7.11 Å². The van der Waals surface area contributed by atoms with Crippen molar-refractivity contribution in [3.05, 3.63) is 11.4 Å². The molecular formula is C7H12N2O2. The van der Waals surface area contributed by atoms with Gasteiger partial charge in [0.1, 0.15) is 5.82 Å². The van der Waals surface area contributed by atoms with Gasteiger partial charge in [-0.25, -0.2) is 0 Å². The molecule has 0 aliphatic heterocycles. The quantitative estimate of drug-likeness (QED) is 0.449. The van der Waals surface area contributed by atoms with Crippen molar-refractivity contribution in [2.24, 2.45) is 5.92 Å². The maximum absolute atomic E-state index is 10.1. The van der Waals surface area contributed by atoms with Gasteiger partial charge in [-0.1, -0.05) is 6.92 Å². The van der Waals surface area contributed by atoms with Gasteiger partial charge in [0, 0.05) is 0 Å². The Kier molecular flexibility index (Phi) is 2.48. The van der Waals surface area contributed by atoms with Gasteiger partial charge in [0.05, 0.1) is 7.11 Å². The zero-order chi connectivity index (χ0) is 8.27. The Morgan fingerprint density at radius 3 is 2.82 bits per heavy atom. The monoisotopic (exact) mass is 156 g/mol. The van der Waals surface area contributed by atoms with Crippen LogP contribution in [0.3, 0.4) is 0 Å². The molecule has 1 saturated carbocycles. The molecule has 0 spiro atoms. The smallest absolute Gasteiger partial charge is 0.212 e. The first-order valence-corrected chi connectivity index (χ1v) is 3.51. The minimum absolute atomic E-state index is 0.570. The predicted molar refractivity (Wildman–Crippen MR) is 40.2 cm³/mol. The van der Waals surface area contributed by atoms with Gasteiger partial charge in [0.2, 0.25) is 6.41 Å². The lowest BCUT2D eigenvalue weighted by atomic mass is 10.4. The van der Waals surface area contributed by atoms with Crippen molar-refractivity contribution in [2.45, 2.75) is 13.3 Å². The summed E-state index contributed by atoms with van der Waals surface area (Å²) in [6, 6.07) is 0. The Bertz CT molecular complexity index is 189. The molecule has 1 aliphatic carbocycles. The highest BCUT2D eigenvalue weighted by molar-refractivity contribution is 5.51. The first-order valence-electron chi connectivity index (χ1n) is 3.51. The van der Waals surface area contributed by atoms with Gasteiger partial charge < -0.3 is 5.32 Å². The fraction of sp³-hybridized carbons (Fsp3) is 0.571. The Hall–Kier alpha value is -1.03. The summed E-state index contributed by atoms with van der Waals surface area (Å²) >= 11 is 0. The molecule has 0 radical (unpaired) electrons. The van der Waals surface area contributed by atoms with Crippen LogP contribution in [0.1, 0.15) is 13.3 Å². The van der Waals surface area contributed by atoms with Crippen LogP contribution in [0.25, 0.3) is 0 Å². The van der Waals surface area contributed by atoms with Gasteiger partial charge >= 0.3 is 0 Å². The summed E-state index contributed by atoms with van der Waals surface area (Å²) in [7, 11) is 1.51. The highest BCUT2D eigenvalue weighted by Crippen LogP contribution is 2.37. The summed E-state index contributed by atoms with van der Waals surface area (Å²) in [5.74, 6) is 1.26. The molecule has 4 nitrogen and oxygen atoms in total. The maximum Gasteiger partial charge on any atom is 0.212 e. The number of carbonyl (C=O) groups is 1. The van der Waals surface area contributed by atoms with Crippen molar-refractivity contribution in [1.29, 1.82) is 0 Å². The average Bonchev–Trinajstić information content (AvgIpc) is 2.67. The van der Waals surface area contributed by atoms with Gasteiger partial charge in [0.25, 0.3) is 0 Å². The minimum Gasteiger partial charge on any atom is -0.314 e. The molecule has 2 N–H and O–H groups in total. The SMILES string of the molecule is CON/C(NC=O)=C1/CC1C. The molecule has 11 heavy (non-hydrogen) atoms. The van der Waals surface area contributed by atoms with E-state index in [1.54, 1.807) is 0 Å². The van der Waals surface area contributed by atoms with Crippen LogP contribution in [0.5, 0.6) is 0 Å². The molecular weight excluding hydrogens is 144 g/mol. The van der Waals surface area contributed by atoms with Crippen LogP contribution in [-0.4, -0.2) is 13.5 Å². The van der Waals surface area contributed by atoms with Crippen molar-refractivity contribution in [3.63, 3.8) is 0 Å². The van der Waals surface area contributed by atoms with Gasteiger partial charge in [0.15, 0.2) is 0 Å². The van der Waals surface area contributed by atoms with E-state index in [-0.39, 0.29) is 0 Å². The normalized spacial score (nSPS) is 25.8. The molecule has 0 aromatic heterocycles. The summed E-state index contributed by atoms with van der Waals surface area (Å²) in [4.78, 5) is 14.8. The van der Waals surface area contributed by atoms with E-state index in [2.05, 4.69) is 22.6 Å². The number of rotatable bonds is 4. The summed E-state index contributed by atoms with van der Waals surface area (Å²) < 4.78 is 0. The molecule has 0 bridgehead atoms. The van der Waals surface area contributed by atoms with Crippen molar-refractivity contribution in [3.8, 4) is 0 Å². The number of hydrogen-bond acceptors (Lipinski definition) is 3. The van der Waals surface area contributed by atoms with Crippen LogP contribution >= 0.6 is 0 Å². The highest BCUT2D eigenvalue weighted by atomic mass is 16.6. The zero-order valence-electron chi connectivity index (χ0n) is 6.68. The predicted octanol–water partition coefficient (Wildman–Crippen LogP) is 0.135. The third-order valence-electron chi connectivity index (χ3n) is 1.69. The lowest BCUT2D eigenvalue weighted by Crippen LogP contribution is -2.24. The van der Waals surface area contributed by atoms with Crippen molar-refractivity contribution < 1.29 is 9.63 Å². The molecule has 0 heterocycles. The molecule has 0 aromatic carbocycles. The number of allylic oxidation sites excluding steroid dienone is 1. The van der Waals surface area contributed by atoms with E-state index >= 15 is 0 Å². The molecule has 62 valence electrons. The minimum atomic E-state index is 0.570. The lowest BCUT2D eigenvalue weighted by Gasteiger charge is -2.05. The fourth-order valence-electron chi connectivity index (χ4n) is 0.968. The Morgan fingerprint density at radius 2 is 2.45 bits per heavy atom. The fourth-order valence-corrected chi connectivity index (χ4v) is 0.968. The highest BCUT2D eigenvalue weighted by Gasteiger charge is 2.28. The molecule has 1 fully saturated rings. The van der Waals surface area contributed by atoms with Crippen LogP contribution in [0.2, 0.25) is 0 Å². The lowest BCUT2D eigenvalue weighted by molar-refractivity contribution is -0.109. The molecule has 1 unspecified atom stereocenters. The summed E-state index contributed by atoms with van der Waals surface area (Å²) in [5.41, 5.74) is 3.82. The van der Waals surface area contributed by atoms with E-state index in [1.807, 2.05) is 0 Å². The Morgan fingerprint density at radius 1 is 1.82 bits per heavy atom. The zero-order valence-corrected chi connectivity index (χ0v) is 6.68. The molecule has 1 rings (SSSR count). The van der Waals surface area contributed by atoms with Crippen LogP contribution in [0.4, 0.5) is 0 Å². The van der Waals surface area contributed by atoms with Gasteiger partial charge in [-0.3, -0.25) is 15.1 Å². The molecule has 0 saturated heterocycles. The van der Waals surface area contributed by atoms with Crippen LogP contribution in [0, 0.1) is 5.92 Å². The van der Waals surface area contributed by atoms with Crippen molar-refractivity contribution in [1.82, 2.24) is 10.8 Å². The number of nitrogens with one attached hydrogen (secondary N) is 2. The second-order valence-electron chi connectivity index (χ2n) is 2.57. The Balaban J connectivity index is 2.52. The van der Waals surface area contributed by atoms with Gasteiger partial charge in [-0.2, -0.15) is 0 Å².